The van der Waals surface area contributed by atoms with Crippen molar-refractivity contribution in [3.8, 4) is 11.5 Å². The predicted octanol–water partition coefficient (Wildman–Crippen LogP) is 2.77. The van der Waals surface area contributed by atoms with Gasteiger partial charge >= 0.3 is 0 Å². The highest BCUT2D eigenvalue weighted by Crippen LogP contribution is 2.23. The number of aromatic nitrogens is 1. The first-order chi connectivity index (χ1) is 11.1. The maximum Gasteiger partial charge on any atom is 0.246 e. The number of ether oxygens (including phenoxy) is 2. The van der Waals surface area contributed by atoms with E-state index < -0.39 is 0 Å². The summed E-state index contributed by atoms with van der Waals surface area (Å²) in [4.78, 5) is 18.0. The maximum atomic E-state index is 12.2. The van der Waals surface area contributed by atoms with E-state index in [1.165, 1.54) is 6.08 Å². The second-order valence-electron chi connectivity index (χ2n) is 4.99. The van der Waals surface area contributed by atoms with E-state index in [9.17, 15) is 4.79 Å². The molecule has 0 unspecified atom stereocenters. The van der Waals surface area contributed by atoms with E-state index in [0.717, 1.165) is 11.3 Å². The first-order valence-corrected chi connectivity index (χ1v) is 7.18. The van der Waals surface area contributed by atoms with Crippen LogP contribution in [-0.4, -0.2) is 37.1 Å². The van der Waals surface area contributed by atoms with Crippen LogP contribution in [-0.2, 0) is 11.3 Å². The fraction of sp³-hybridized carbons (Fsp3) is 0.222. The smallest absolute Gasteiger partial charge is 0.246 e. The number of hydrogen-bond donors (Lipinski definition) is 0. The summed E-state index contributed by atoms with van der Waals surface area (Å²) in [5.41, 5.74) is 1.68. The molecule has 0 atom stereocenters. The quantitative estimate of drug-likeness (QED) is 0.770. The topological polar surface area (TPSA) is 51.7 Å². The average molecular weight is 312 g/mol. The van der Waals surface area contributed by atoms with Gasteiger partial charge in [-0.15, -0.1) is 0 Å². The van der Waals surface area contributed by atoms with E-state index >= 15 is 0 Å². The minimum absolute atomic E-state index is 0.0996. The van der Waals surface area contributed by atoms with Crippen LogP contribution in [0.2, 0.25) is 0 Å². The molecular weight excluding hydrogens is 292 g/mol. The Morgan fingerprint density at radius 1 is 1.17 bits per heavy atom. The normalized spacial score (nSPS) is 10.6. The standard InChI is InChI=1S/C18H20N2O3/c1-20(13-15-6-4-5-9-19-15)18(21)8-7-14-10-16(22-2)12-17(11-14)23-3/h4-12H,13H2,1-3H3/b8-7+. The molecule has 0 aliphatic heterocycles. The van der Waals surface area contributed by atoms with E-state index in [4.69, 9.17) is 9.47 Å². The molecule has 0 fully saturated rings. The van der Waals surface area contributed by atoms with Gasteiger partial charge in [-0.25, -0.2) is 0 Å². The number of methoxy groups -OCH3 is 2. The van der Waals surface area contributed by atoms with Gasteiger partial charge in [0, 0.05) is 25.4 Å². The molecule has 0 saturated heterocycles. The number of likely N-dealkylation sites (N-methyl/N-ethyl adjacent to an activating group) is 1. The second kappa shape index (κ2) is 7.98. The third-order valence-electron chi connectivity index (χ3n) is 3.29. The fourth-order valence-electron chi connectivity index (χ4n) is 2.03. The zero-order valence-electron chi connectivity index (χ0n) is 13.5. The lowest BCUT2D eigenvalue weighted by atomic mass is 10.2. The fourth-order valence-corrected chi connectivity index (χ4v) is 2.03. The van der Waals surface area contributed by atoms with E-state index in [1.54, 1.807) is 44.5 Å². The van der Waals surface area contributed by atoms with Gasteiger partial charge < -0.3 is 14.4 Å². The summed E-state index contributed by atoms with van der Waals surface area (Å²) in [6.07, 6.45) is 4.98. The Kier molecular flexibility index (Phi) is 5.74. The van der Waals surface area contributed by atoms with Crippen molar-refractivity contribution in [3.63, 3.8) is 0 Å². The molecule has 1 amide bonds. The van der Waals surface area contributed by atoms with Crippen LogP contribution in [0.4, 0.5) is 0 Å². The molecule has 120 valence electrons. The Balaban J connectivity index is 2.05. The number of pyridine rings is 1. The van der Waals surface area contributed by atoms with Crippen molar-refractivity contribution in [1.82, 2.24) is 9.88 Å². The van der Waals surface area contributed by atoms with Crippen molar-refractivity contribution in [1.29, 1.82) is 0 Å². The Hall–Kier alpha value is -2.82. The van der Waals surface area contributed by atoms with E-state index in [0.29, 0.717) is 18.0 Å². The summed E-state index contributed by atoms with van der Waals surface area (Å²) in [6.45, 7) is 0.464. The van der Waals surface area contributed by atoms with Crippen LogP contribution in [0, 0.1) is 0 Å². The van der Waals surface area contributed by atoms with E-state index in [-0.39, 0.29) is 5.91 Å². The molecule has 5 nitrogen and oxygen atoms in total. The van der Waals surface area contributed by atoms with Gasteiger partial charge in [0.2, 0.25) is 5.91 Å². The van der Waals surface area contributed by atoms with Gasteiger partial charge in [0.25, 0.3) is 0 Å². The van der Waals surface area contributed by atoms with Crippen molar-refractivity contribution in [2.45, 2.75) is 6.54 Å². The third-order valence-corrected chi connectivity index (χ3v) is 3.29. The molecule has 2 aromatic rings. The summed E-state index contributed by atoms with van der Waals surface area (Å²) in [5.74, 6) is 1.26. The minimum atomic E-state index is -0.0996. The van der Waals surface area contributed by atoms with Crippen molar-refractivity contribution in [2.75, 3.05) is 21.3 Å². The molecule has 0 radical (unpaired) electrons. The summed E-state index contributed by atoms with van der Waals surface area (Å²) >= 11 is 0. The highest BCUT2D eigenvalue weighted by molar-refractivity contribution is 5.91. The minimum Gasteiger partial charge on any atom is -0.497 e. The molecular formula is C18H20N2O3. The first-order valence-electron chi connectivity index (χ1n) is 7.18. The van der Waals surface area contributed by atoms with E-state index in [1.807, 2.05) is 30.3 Å². The molecule has 23 heavy (non-hydrogen) atoms. The summed E-state index contributed by atoms with van der Waals surface area (Å²) < 4.78 is 10.4. The predicted molar refractivity (Wildman–Crippen MR) is 89.3 cm³/mol. The van der Waals surface area contributed by atoms with Crippen LogP contribution in [0.25, 0.3) is 6.08 Å². The number of carbonyl (C=O) groups is 1. The monoisotopic (exact) mass is 312 g/mol. The summed E-state index contributed by atoms with van der Waals surface area (Å²) in [5, 5.41) is 0. The highest BCUT2D eigenvalue weighted by Gasteiger charge is 2.06. The molecule has 1 aromatic heterocycles. The molecule has 0 aliphatic rings. The van der Waals surface area contributed by atoms with Gasteiger partial charge in [-0.1, -0.05) is 6.07 Å². The molecule has 1 heterocycles. The number of benzene rings is 1. The summed E-state index contributed by atoms with van der Waals surface area (Å²) in [6, 6.07) is 11.1. The van der Waals surface area contributed by atoms with E-state index in [2.05, 4.69) is 4.98 Å². The van der Waals surface area contributed by atoms with Gasteiger partial charge in [0.15, 0.2) is 0 Å². The number of rotatable bonds is 6. The molecule has 0 saturated carbocycles. The first kappa shape index (κ1) is 16.5. The van der Waals surface area contributed by atoms with Crippen molar-refractivity contribution in [3.05, 3.63) is 59.9 Å². The average Bonchev–Trinajstić information content (AvgIpc) is 2.60. The second-order valence-corrected chi connectivity index (χ2v) is 4.99. The SMILES string of the molecule is COc1cc(/C=C/C(=O)N(C)Cc2ccccn2)cc(OC)c1. The molecule has 5 heteroatoms. The van der Waals surface area contributed by atoms with Crippen molar-refractivity contribution in [2.24, 2.45) is 0 Å². The largest absolute Gasteiger partial charge is 0.497 e. The van der Waals surface area contributed by atoms with Crippen molar-refractivity contribution >= 4 is 12.0 Å². The number of amides is 1. The zero-order valence-corrected chi connectivity index (χ0v) is 13.5. The van der Waals surface area contributed by atoms with Crippen LogP contribution in [0.15, 0.2) is 48.7 Å². The lowest BCUT2D eigenvalue weighted by Gasteiger charge is -2.14. The number of nitrogens with zero attached hydrogens (tertiary/aromatic N) is 2. The van der Waals surface area contributed by atoms with Gasteiger partial charge in [0.05, 0.1) is 26.5 Å². The molecule has 0 spiro atoms. The molecule has 0 aliphatic carbocycles. The molecule has 1 aromatic carbocycles. The van der Waals surface area contributed by atoms with Gasteiger partial charge in [-0.3, -0.25) is 9.78 Å². The molecule has 0 bridgehead atoms. The Morgan fingerprint density at radius 3 is 2.43 bits per heavy atom. The lowest BCUT2D eigenvalue weighted by molar-refractivity contribution is -0.125. The van der Waals surface area contributed by atoms with Crippen LogP contribution < -0.4 is 9.47 Å². The van der Waals surface area contributed by atoms with Crippen LogP contribution >= 0.6 is 0 Å². The number of hydrogen-bond acceptors (Lipinski definition) is 4. The highest BCUT2D eigenvalue weighted by atomic mass is 16.5. The van der Waals surface area contributed by atoms with Crippen LogP contribution in [0.5, 0.6) is 11.5 Å². The van der Waals surface area contributed by atoms with Gasteiger partial charge in [0.1, 0.15) is 11.5 Å². The maximum absolute atomic E-state index is 12.2. The Morgan fingerprint density at radius 2 is 1.87 bits per heavy atom. The third kappa shape index (κ3) is 4.85. The van der Waals surface area contributed by atoms with Gasteiger partial charge in [-0.05, 0) is 35.9 Å². The lowest BCUT2D eigenvalue weighted by Crippen LogP contribution is -2.24. The molecule has 2 rings (SSSR count). The van der Waals surface area contributed by atoms with Crippen LogP contribution in [0.1, 0.15) is 11.3 Å². The van der Waals surface area contributed by atoms with Crippen molar-refractivity contribution < 1.29 is 14.3 Å². The zero-order chi connectivity index (χ0) is 16.7. The van der Waals surface area contributed by atoms with Crippen LogP contribution in [0.3, 0.4) is 0 Å². The Bertz CT molecular complexity index is 662. The Labute approximate surface area is 136 Å². The van der Waals surface area contributed by atoms with Gasteiger partial charge in [-0.2, -0.15) is 0 Å². The summed E-state index contributed by atoms with van der Waals surface area (Å²) in [7, 11) is 4.93. The molecule has 0 N–H and O–H groups in total. The number of carbonyl (C=O) groups excluding carboxylic acids is 1.